The Morgan fingerprint density at radius 3 is 2.25 bits per heavy atom. The average molecular weight is 237 g/mol. The van der Waals surface area contributed by atoms with E-state index in [1.807, 2.05) is 32.9 Å². The molecule has 0 saturated heterocycles. The summed E-state index contributed by atoms with van der Waals surface area (Å²) in [5, 5.41) is 4.66. The predicted octanol–water partition coefficient (Wildman–Crippen LogP) is 3.69. The minimum absolute atomic E-state index is 0.103. The van der Waals surface area contributed by atoms with Crippen molar-refractivity contribution < 1.29 is 4.52 Å². The van der Waals surface area contributed by atoms with Crippen LogP contribution in [0.1, 0.15) is 26.6 Å². The molecule has 0 unspecified atom stereocenters. The molecule has 84 valence electrons. The van der Waals surface area contributed by atoms with Gasteiger partial charge < -0.3 is 4.52 Å². The van der Waals surface area contributed by atoms with Crippen LogP contribution < -0.4 is 0 Å². The van der Waals surface area contributed by atoms with E-state index >= 15 is 0 Å². The second kappa shape index (κ2) is 3.91. The topological polar surface area (TPSA) is 38.9 Å². The van der Waals surface area contributed by atoms with Crippen LogP contribution >= 0.6 is 11.6 Å². The van der Waals surface area contributed by atoms with Gasteiger partial charge in [-0.3, -0.25) is 0 Å². The third-order valence-electron chi connectivity index (χ3n) is 2.19. The molecule has 1 aromatic carbocycles. The molecule has 0 saturated carbocycles. The van der Waals surface area contributed by atoms with Gasteiger partial charge in [0, 0.05) is 16.0 Å². The number of aromatic nitrogens is 2. The Balaban J connectivity index is 2.35. The van der Waals surface area contributed by atoms with Crippen LogP contribution in [0.2, 0.25) is 5.02 Å². The average Bonchev–Trinajstić information content (AvgIpc) is 2.67. The fourth-order valence-corrected chi connectivity index (χ4v) is 1.36. The monoisotopic (exact) mass is 236 g/mol. The first-order valence-electron chi connectivity index (χ1n) is 5.07. The summed E-state index contributed by atoms with van der Waals surface area (Å²) in [6.07, 6.45) is 0. The second-order valence-corrected chi connectivity index (χ2v) is 5.12. The summed E-state index contributed by atoms with van der Waals surface area (Å²) in [6, 6.07) is 7.33. The Labute approximate surface area is 99.4 Å². The van der Waals surface area contributed by atoms with Crippen LogP contribution in [0.25, 0.3) is 11.5 Å². The highest BCUT2D eigenvalue weighted by Crippen LogP contribution is 2.24. The van der Waals surface area contributed by atoms with Gasteiger partial charge in [0.2, 0.25) is 0 Å². The molecule has 2 aromatic rings. The van der Waals surface area contributed by atoms with Crippen molar-refractivity contribution in [2.45, 2.75) is 26.2 Å². The van der Waals surface area contributed by atoms with Crippen LogP contribution in [0.4, 0.5) is 0 Å². The quantitative estimate of drug-likeness (QED) is 0.758. The number of benzene rings is 1. The molecule has 1 aromatic heterocycles. The Hall–Kier alpha value is -1.35. The summed E-state index contributed by atoms with van der Waals surface area (Å²) in [5.41, 5.74) is 0.779. The summed E-state index contributed by atoms with van der Waals surface area (Å²) >= 11 is 5.81. The first-order valence-corrected chi connectivity index (χ1v) is 5.45. The Morgan fingerprint density at radius 1 is 1.12 bits per heavy atom. The van der Waals surface area contributed by atoms with Gasteiger partial charge in [0.25, 0.3) is 5.89 Å². The number of rotatable bonds is 1. The van der Waals surface area contributed by atoms with Gasteiger partial charge >= 0.3 is 0 Å². The van der Waals surface area contributed by atoms with Crippen molar-refractivity contribution in [3.8, 4) is 11.5 Å². The number of hydrogen-bond donors (Lipinski definition) is 0. The van der Waals surface area contributed by atoms with E-state index in [1.165, 1.54) is 0 Å². The summed E-state index contributed by atoms with van der Waals surface area (Å²) in [6.45, 7) is 6.14. The zero-order valence-corrected chi connectivity index (χ0v) is 10.2. The van der Waals surface area contributed by atoms with E-state index in [-0.39, 0.29) is 5.41 Å². The van der Waals surface area contributed by atoms with Crippen molar-refractivity contribution in [2.24, 2.45) is 0 Å². The van der Waals surface area contributed by atoms with Gasteiger partial charge in [-0.1, -0.05) is 37.5 Å². The van der Waals surface area contributed by atoms with Gasteiger partial charge in [0.05, 0.1) is 0 Å². The standard InChI is InChI=1S/C12H13ClN2O/c1-12(2,3)11-14-10(16-15-11)8-4-6-9(13)7-5-8/h4-7H,1-3H3. The lowest BCUT2D eigenvalue weighted by molar-refractivity contribution is 0.402. The maximum absolute atomic E-state index is 5.81. The molecule has 0 N–H and O–H groups in total. The third kappa shape index (κ3) is 2.25. The molecule has 0 atom stereocenters. The number of halogens is 1. The molecular weight excluding hydrogens is 224 g/mol. The summed E-state index contributed by atoms with van der Waals surface area (Å²) < 4.78 is 5.21. The number of hydrogen-bond acceptors (Lipinski definition) is 3. The van der Waals surface area contributed by atoms with Gasteiger partial charge in [-0.05, 0) is 24.3 Å². The van der Waals surface area contributed by atoms with Crippen molar-refractivity contribution in [1.82, 2.24) is 10.1 Å². The Bertz CT molecular complexity index is 482. The van der Waals surface area contributed by atoms with Crippen molar-refractivity contribution in [3.63, 3.8) is 0 Å². The van der Waals surface area contributed by atoms with Crippen molar-refractivity contribution in [2.75, 3.05) is 0 Å². The van der Waals surface area contributed by atoms with Gasteiger partial charge in [-0.15, -0.1) is 0 Å². The lowest BCUT2D eigenvalue weighted by Crippen LogP contribution is -2.13. The molecule has 2 rings (SSSR count). The van der Waals surface area contributed by atoms with Gasteiger partial charge in [0.1, 0.15) is 0 Å². The molecule has 16 heavy (non-hydrogen) atoms. The Morgan fingerprint density at radius 2 is 1.75 bits per heavy atom. The molecule has 0 spiro atoms. The van der Waals surface area contributed by atoms with E-state index in [2.05, 4.69) is 10.1 Å². The van der Waals surface area contributed by atoms with E-state index < -0.39 is 0 Å². The van der Waals surface area contributed by atoms with Crippen LogP contribution in [0.3, 0.4) is 0 Å². The second-order valence-electron chi connectivity index (χ2n) is 4.68. The molecule has 0 bridgehead atoms. The van der Waals surface area contributed by atoms with E-state index in [0.717, 1.165) is 5.56 Å². The maximum atomic E-state index is 5.81. The molecule has 3 nitrogen and oxygen atoms in total. The van der Waals surface area contributed by atoms with E-state index in [4.69, 9.17) is 16.1 Å². The molecule has 4 heteroatoms. The van der Waals surface area contributed by atoms with Gasteiger partial charge in [0.15, 0.2) is 5.82 Å². The van der Waals surface area contributed by atoms with Crippen LogP contribution in [-0.4, -0.2) is 10.1 Å². The summed E-state index contributed by atoms with van der Waals surface area (Å²) in [7, 11) is 0. The molecule has 0 aliphatic heterocycles. The molecule has 0 aliphatic carbocycles. The van der Waals surface area contributed by atoms with E-state index in [0.29, 0.717) is 16.7 Å². The van der Waals surface area contributed by atoms with Gasteiger partial charge in [-0.25, -0.2) is 0 Å². The largest absolute Gasteiger partial charge is 0.334 e. The lowest BCUT2D eigenvalue weighted by atomic mass is 9.96. The smallest absolute Gasteiger partial charge is 0.257 e. The normalized spacial score (nSPS) is 11.8. The van der Waals surface area contributed by atoms with Crippen LogP contribution in [0.15, 0.2) is 28.8 Å². The van der Waals surface area contributed by atoms with Gasteiger partial charge in [-0.2, -0.15) is 4.98 Å². The predicted molar refractivity (Wildman–Crippen MR) is 63.4 cm³/mol. The molecular formula is C12H13ClN2O. The minimum Gasteiger partial charge on any atom is -0.334 e. The van der Waals surface area contributed by atoms with E-state index in [9.17, 15) is 0 Å². The first kappa shape index (κ1) is 11.1. The first-order chi connectivity index (χ1) is 7.47. The molecule has 0 amide bonds. The van der Waals surface area contributed by atoms with Crippen LogP contribution in [0.5, 0.6) is 0 Å². The van der Waals surface area contributed by atoms with Crippen LogP contribution in [0, 0.1) is 0 Å². The highest BCUT2D eigenvalue weighted by molar-refractivity contribution is 6.30. The highest BCUT2D eigenvalue weighted by atomic mass is 35.5. The summed E-state index contributed by atoms with van der Waals surface area (Å²) in [5.74, 6) is 1.24. The van der Waals surface area contributed by atoms with Crippen molar-refractivity contribution in [3.05, 3.63) is 35.1 Å². The number of nitrogens with zero attached hydrogens (tertiary/aromatic N) is 2. The Kier molecular flexibility index (Phi) is 2.72. The third-order valence-corrected chi connectivity index (χ3v) is 2.44. The van der Waals surface area contributed by atoms with Crippen LogP contribution in [-0.2, 0) is 5.41 Å². The maximum Gasteiger partial charge on any atom is 0.257 e. The van der Waals surface area contributed by atoms with Crippen molar-refractivity contribution in [1.29, 1.82) is 0 Å². The molecule has 1 heterocycles. The molecule has 0 fully saturated rings. The minimum atomic E-state index is -0.103. The zero-order valence-electron chi connectivity index (χ0n) is 9.49. The highest BCUT2D eigenvalue weighted by Gasteiger charge is 2.21. The van der Waals surface area contributed by atoms with E-state index in [1.54, 1.807) is 12.1 Å². The SMILES string of the molecule is CC(C)(C)c1noc(-c2ccc(Cl)cc2)n1. The summed E-state index contributed by atoms with van der Waals surface area (Å²) in [4.78, 5) is 4.36. The lowest BCUT2D eigenvalue weighted by Gasteiger charge is -2.10. The fourth-order valence-electron chi connectivity index (χ4n) is 1.24. The van der Waals surface area contributed by atoms with Crippen molar-refractivity contribution >= 4 is 11.6 Å². The zero-order chi connectivity index (χ0) is 11.8. The fraction of sp³-hybridized carbons (Fsp3) is 0.333. The molecule has 0 aliphatic rings. The molecule has 0 radical (unpaired) electrons.